The normalized spacial score (nSPS) is 23.2. The highest BCUT2D eigenvalue weighted by Crippen LogP contribution is 2.26. The maximum atomic E-state index is 12.0. The lowest BCUT2D eigenvalue weighted by Gasteiger charge is -2.35. The van der Waals surface area contributed by atoms with Crippen molar-refractivity contribution in [1.29, 1.82) is 0 Å². The van der Waals surface area contributed by atoms with Gasteiger partial charge in [0.05, 0.1) is 0 Å². The fourth-order valence-electron chi connectivity index (χ4n) is 2.28. The fourth-order valence-corrected chi connectivity index (χ4v) is 2.28. The standard InChI is InChI=1S/C13H20N2O2/c1-3-11-4-5-12(17-11)13(16)15(2)8-9-6-10(14)7-9/h4-5,9-10H,3,6-8,14H2,1-2H3. The Balaban J connectivity index is 1.90. The van der Waals surface area contributed by atoms with Crippen molar-refractivity contribution in [3.63, 3.8) is 0 Å². The number of aryl methyl sites for hydroxylation is 1. The van der Waals surface area contributed by atoms with Gasteiger partial charge in [-0.25, -0.2) is 0 Å². The molecule has 2 rings (SSSR count). The summed E-state index contributed by atoms with van der Waals surface area (Å²) < 4.78 is 5.45. The van der Waals surface area contributed by atoms with Gasteiger partial charge < -0.3 is 15.1 Å². The molecule has 0 atom stereocenters. The average Bonchev–Trinajstić information content (AvgIpc) is 2.74. The molecule has 0 spiro atoms. The van der Waals surface area contributed by atoms with Crippen molar-refractivity contribution in [2.45, 2.75) is 32.2 Å². The largest absolute Gasteiger partial charge is 0.456 e. The second kappa shape index (κ2) is 4.92. The van der Waals surface area contributed by atoms with Gasteiger partial charge in [0.1, 0.15) is 5.76 Å². The minimum absolute atomic E-state index is 0.0369. The predicted octanol–water partition coefficient (Wildman–Crippen LogP) is 1.65. The van der Waals surface area contributed by atoms with Gasteiger partial charge in [0.25, 0.3) is 5.91 Å². The molecule has 0 saturated heterocycles. The van der Waals surface area contributed by atoms with Crippen LogP contribution < -0.4 is 5.73 Å². The zero-order chi connectivity index (χ0) is 12.4. The maximum absolute atomic E-state index is 12.0. The van der Waals surface area contributed by atoms with E-state index >= 15 is 0 Å². The molecule has 4 heteroatoms. The summed E-state index contributed by atoms with van der Waals surface area (Å²) in [4.78, 5) is 13.8. The monoisotopic (exact) mass is 236 g/mol. The van der Waals surface area contributed by atoms with E-state index in [1.165, 1.54) is 0 Å². The van der Waals surface area contributed by atoms with Gasteiger partial charge in [0.15, 0.2) is 5.76 Å². The highest BCUT2D eigenvalue weighted by molar-refractivity contribution is 5.91. The van der Waals surface area contributed by atoms with Crippen LogP contribution in [0.4, 0.5) is 0 Å². The molecule has 2 N–H and O–H groups in total. The Morgan fingerprint density at radius 1 is 1.53 bits per heavy atom. The van der Waals surface area contributed by atoms with E-state index in [1.54, 1.807) is 11.0 Å². The third-order valence-corrected chi connectivity index (χ3v) is 3.37. The predicted molar refractivity (Wildman–Crippen MR) is 65.7 cm³/mol. The van der Waals surface area contributed by atoms with E-state index in [-0.39, 0.29) is 5.91 Å². The van der Waals surface area contributed by atoms with Crippen LogP contribution in [0.5, 0.6) is 0 Å². The van der Waals surface area contributed by atoms with Crippen molar-refractivity contribution in [2.24, 2.45) is 11.7 Å². The molecule has 0 aliphatic heterocycles. The first-order valence-electron chi connectivity index (χ1n) is 6.20. The topological polar surface area (TPSA) is 59.5 Å². The number of furan rings is 1. The Hall–Kier alpha value is -1.29. The van der Waals surface area contributed by atoms with Crippen LogP contribution in [0.1, 0.15) is 36.1 Å². The van der Waals surface area contributed by atoms with Gasteiger partial charge in [-0.3, -0.25) is 4.79 Å². The Kier molecular flexibility index (Phi) is 3.52. The molecular weight excluding hydrogens is 216 g/mol. The molecule has 1 aromatic rings. The van der Waals surface area contributed by atoms with E-state index in [4.69, 9.17) is 10.2 Å². The number of nitrogens with two attached hydrogens (primary N) is 1. The third kappa shape index (κ3) is 2.69. The van der Waals surface area contributed by atoms with Crippen LogP contribution in [-0.2, 0) is 6.42 Å². The highest BCUT2D eigenvalue weighted by Gasteiger charge is 2.28. The summed E-state index contributed by atoms with van der Waals surface area (Å²) in [6.07, 6.45) is 2.86. The first-order valence-corrected chi connectivity index (χ1v) is 6.20. The van der Waals surface area contributed by atoms with Gasteiger partial charge in [-0.2, -0.15) is 0 Å². The van der Waals surface area contributed by atoms with E-state index in [2.05, 4.69) is 0 Å². The fraction of sp³-hybridized carbons (Fsp3) is 0.615. The van der Waals surface area contributed by atoms with Crippen molar-refractivity contribution in [3.05, 3.63) is 23.7 Å². The minimum atomic E-state index is -0.0369. The molecule has 0 aromatic carbocycles. The van der Waals surface area contributed by atoms with Crippen molar-refractivity contribution < 1.29 is 9.21 Å². The molecule has 17 heavy (non-hydrogen) atoms. The van der Waals surface area contributed by atoms with Gasteiger partial charge in [-0.05, 0) is 30.9 Å². The number of hydrogen-bond donors (Lipinski definition) is 1. The summed E-state index contributed by atoms with van der Waals surface area (Å²) in [7, 11) is 1.82. The number of carbonyl (C=O) groups excluding carboxylic acids is 1. The van der Waals surface area contributed by atoms with Crippen LogP contribution in [-0.4, -0.2) is 30.4 Å². The SMILES string of the molecule is CCc1ccc(C(=O)N(C)CC2CC(N)C2)o1. The summed E-state index contributed by atoms with van der Waals surface area (Å²) in [5.74, 6) is 1.81. The molecule has 1 aliphatic carbocycles. The molecule has 1 aromatic heterocycles. The van der Waals surface area contributed by atoms with Crippen molar-refractivity contribution in [2.75, 3.05) is 13.6 Å². The summed E-state index contributed by atoms with van der Waals surface area (Å²) in [6.45, 7) is 2.78. The first kappa shape index (κ1) is 12.2. The highest BCUT2D eigenvalue weighted by atomic mass is 16.4. The molecule has 1 heterocycles. The van der Waals surface area contributed by atoms with Crippen LogP contribution in [0.15, 0.2) is 16.5 Å². The van der Waals surface area contributed by atoms with Gasteiger partial charge in [0, 0.05) is 26.1 Å². The summed E-state index contributed by atoms with van der Waals surface area (Å²) in [5.41, 5.74) is 5.73. The minimum Gasteiger partial charge on any atom is -0.456 e. The van der Waals surface area contributed by atoms with Gasteiger partial charge in [0.2, 0.25) is 0 Å². The van der Waals surface area contributed by atoms with Gasteiger partial charge >= 0.3 is 0 Å². The van der Waals surface area contributed by atoms with Crippen LogP contribution in [0.3, 0.4) is 0 Å². The average molecular weight is 236 g/mol. The molecule has 1 amide bonds. The zero-order valence-electron chi connectivity index (χ0n) is 10.5. The molecule has 0 unspecified atom stereocenters. The Morgan fingerprint density at radius 3 is 2.76 bits per heavy atom. The lowest BCUT2D eigenvalue weighted by Crippen LogP contribution is -2.43. The molecule has 0 bridgehead atoms. The lowest BCUT2D eigenvalue weighted by molar-refractivity contribution is 0.0701. The Labute approximate surface area is 102 Å². The zero-order valence-corrected chi connectivity index (χ0v) is 10.5. The number of rotatable bonds is 4. The Morgan fingerprint density at radius 2 is 2.24 bits per heavy atom. The van der Waals surface area contributed by atoms with Crippen LogP contribution in [0.2, 0.25) is 0 Å². The van der Waals surface area contributed by atoms with E-state index in [0.29, 0.717) is 17.7 Å². The van der Waals surface area contributed by atoms with E-state index in [1.807, 2.05) is 20.0 Å². The maximum Gasteiger partial charge on any atom is 0.289 e. The van der Waals surface area contributed by atoms with Crippen LogP contribution >= 0.6 is 0 Å². The van der Waals surface area contributed by atoms with E-state index < -0.39 is 0 Å². The van der Waals surface area contributed by atoms with Gasteiger partial charge in [-0.15, -0.1) is 0 Å². The second-order valence-electron chi connectivity index (χ2n) is 4.90. The van der Waals surface area contributed by atoms with Crippen molar-refractivity contribution >= 4 is 5.91 Å². The lowest BCUT2D eigenvalue weighted by atomic mass is 9.80. The van der Waals surface area contributed by atoms with Crippen LogP contribution in [0.25, 0.3) is 0 Å². The number of nitrogens with zero attached hydrogens (tertiary/aromatic N) is 1. The number of hydrogen-bond acceptors (Lipinski definition) is 3. The summed E-state index contributed by atoms with van der Waals surface area (Å²) in [6, 6.07) is 3.95. The smallest absolute Gasteiger partial charge is 0.289 e. The molecule has 94 valence electrons. The molecule has 1 fully saturated rings. The van der Waals surface area contributed by atoms with Crippen molar-refractivity contribution in [1.82, 2.24) is 4.90 Å². The third-order valence-electron chi connectivity index (χ3n) is 3.37. The quantitative estimate of drug-likeness (QED) is 0.864. The van der Waals surface area contributed by atoms with Crippen LogP contribution in [0, 0.1) is 5.92 Å². The molecule has 1 saturated carbocycles. The summed E-state index contributed by atoms with van der Waals surface area (Å²) in [5, 5.41) is 0. The number of carbonyl (C=O) groups is 1. The number of amides is 1. The second-order valence-corrected chi connectivity index (χ2v) is 4.90. The van der Waals surface area contributed by atoms with E-state index in [9.17, 15) is 4.79 Å². The molecule has 4 nitrogen and oxygen atoms in total. The summed E-state index contributed by atoms with van der Waals surface area (Å²) >= 11 is 0. The molecular formula is C13H20N2O2. The first-order chi connectivity index (χ1) is 8.10. The molecule has 1 aliphatic rings. The van der Waals surface area contributed by atoms with Gasteiger partial charge in [-0.1, -0.05) is 6.92 Å². The van der Waals surface area contributed by atoms with E-state index in [0.717, 1.165) is 31.6 Å². The molecule has 0 radical (unpaired) electrons. The van der Waals surface area contributed by atoms with Crippen molar-refractivity contribution in [3.8, 4) is 0 Å². The Bertz CT molecular complexity index is 394.